The number of aliphatic carboxylic acids is 1. The molecule has 0 atom stereocenters. The highest BCUT2D eigenvalue weighted by Gasteiger charge is 2.32. The molecule has 4 heteroatoms. The van der Waals surface area contributed by atoms with E-state index in [9.17, 15) is 9.59 Å². The van der Waals surface area contributed by atoms with Crippen LogP contribution in [0.4, 0.5) is 0 Å². The molecule has 0 heterocycles. The Morgan fingerprint density at radius 1 is 1.05 bits per heavy atom. The molecule has 0 aromatic heterocycles. The summed E-state index contributed by atoms with van der Waals surface area (Å²) in [6.07, 6.45) is 8.57. The van der Waals surface area contributed by atoms with Crippen LogP contribution in [-0.4, -0.2) is 35.0 Å². The average Bonchev–Trinajstić information content (AvgIpc) is 2.91. The first-order chi connectivity index (χ1) is 9.08. The van der Waals surface area contributed by atoms with Gasteiger partial charge in [-0.05, 0) is 44.4 Å². The van der Waals surface area contributed by atoms with E-state index < -0.39 is 5.97 Å². The maximum absolute atomic E-state index is 12.4. The van der Waals surface area contributed by atoms with Crippen LogP contribution in [0.1, 0.15) is 57.8 Å². The molecule has 1 N–H and O–H groups in total. The van der Waals surface area contributed by atoms with Gasteiger partial charge in [-0.1, -0.05) is 12.8 Å². The number of hydrogen-bond donors (Lipinski definition) is 1. The number of hydrogen-bond acceptors (Lipinski definition) is 2. The quantitative estimate of drug-likeness (QED) is 0.852. The van der Waals surface area contributed by atoms with E-state index in [1.54, 1.807) is 0 Å². The Kier molecular flexibility index (Phi) is 4.83. The second-order valence-corrected chi connectivity index (χ2v) is 6.20. The van der Waals surface area contributed by atoms with Crippen LogP contribution in [0.3, 0.4) is 0 Å². The van der Waals surface area contributed by atoms with Crippen molar-refractivity contribution in [3.05, 3.63) is 0 Å². The van der Waals surface area contributed by atoms with Gasteiger partial charge in [0.25, 0.3) is 0 Å². The summed E-state index contributed by atoms with van der Waals surface area (Å²) in [6, 6.07) is 0.448. The Balaban J connectivity index is 1.80. The molecule has 4 nitrogen and oxygen atoms in total. The molecular formula is C15H25NO3. The van der Waals surface area contributed by atoms with Crippen molar-refractivity contribution in [2.45, 2.75) is 63.8 Å². The molecule has 0 aromatic carbocycles. The summed E-state index contributed by atoms with van der Waals surface area (Å²) < 4.78 is 0. The number of carboxylic acid groups (broad SMARTS) is 1. The number of nitrogens with zero attached hydrogens (tertiary/aromatic N) is 1. The van der Waals surface area contributed by atoms with Crippen LogP contribution >= 0.6 is 0 Å². The highest BCUT2D eigenvalue weighted by atomic mass is 16.4. The van der Waals surface area contributed by atoms with E-state index in [0.29, 0.717) is 11.9 Å². The zero-order chi connectivity index (χ0) is 13.8. The first kappa shape index (κ1) is 14.4. The summed E-state index contributed by atoms with van der Waals surface area (Å²) in [5, 5.41) is 8.80. The molecular weight excluding hydrogens is 242 g/mol. The fourth-order valence-corrected chi connectivity index (χ4v) is 3.62. The van der Waals surface area contributed by atoms with Crippen LogP contribution in [0.15, 0.2) is 0 Å². The Hall–Kier alpha value is -1.06. The van der Waals surface area contributed by atoms with Crippen LogP contribution in [0.2, 0.25) is 0 Å². The first-order valence-electron chi connectivity index (χ1n) is 7.56. The van der Waals surface area contributed by atoms with Gasteiger partial charge in [0, 0.05) is 25.4 Å². The predicted octanol–water partition coefficient (Wildman–Crippen LogP) is 2.67. The summed E-state index contributed by atoms with van der Waals surface area (Å²) in [5.41, 5.74) is 0. The third kappa shape index (κ3) is 3.71. The van der Waals surface area contributed by atoms with Crippen LogP contribution < -0.4 is 0 Å². The molecule has 2 aliphatic rings. The van der Waals surface area contributed by atoms with Crippen LogP contribution in [0.5, 0.6) is 0 Å². The molecule has 2 fully saturated rings. The van der Waals surface area contributed by atoms with Crippen molar-refractivity contribution in [1.29, 1.82) is 0 Å². The van der Waals surface area contributed by atoms with Gasteiger partial charge in [0.1, 0.15) is 0 Å². The number of carboxylic acids is 1. The van der Waals surface area contributed by atoms with Gasteiger partial charge in [-0.3, -0.25) is 9.59 Å². The molecule has 0 radical (unpaired) electrons. The minimum absolute atomic E-state index is 0.135. The monoisotopic (exact) mass is 267 g/mol. The summed E-state index contributed by atoms with van der Waals surface area (Å²) in [7, 11) is 1.95. The summed E-state index contributed by atoms with van der Waals surface area (Å²) in [5.74, 6) is -0.00694. The lowest BCUT2D eigenvalue weighted by molar-refractivity contribution is -0.139. The van der Waals surface area contributed by atoms with E-state index in [4.69, 9.17) is 5.11 Å². The van der Waals surface area contributed by atoms with E-state index in [0.717, 1.165) is 38.5 Å². The highest BCUT2D eigenvalue weighted by Crippen LogP contribution is 2.33. The van der Waals surface area contributed by atoms with E-state index in [-0.39, 0.29) is 18.3 Å². The normalized spacial score (nSPS) is 28.3. The predicted molar refractivity (Wildman–Crippen MR) is 72.7 cm³/mol. The summed E-state index contributed by atoms with van der Waals surface area (Å²) in [4.78, 5) is 25.1. The molecule has 2 rings (SSSR count). The van der Waals surface area contributed by atoms with Crippen molar-refractivity contribution in [1.82, 2.24) is 4.90 Å². The number of carbonyl (C=O) groups excluding carboxylic acids is 1. The van der Waals surface area contributed by atoms with E-state index >= 15 is 0 Å². The summed E-state index contributed by atoms with van der Waals surface area (Å²) >= 11 is 0. The minimum atomic E-state index is -0.710. The molecule has 1 amide bonds. The van der Waals surface area contributed by atoms with Crippen LogP contribution in [0, 0.1) is 11.8 Å². The summed E-state index contributed by atoms with van der Waals surface area (Å²) in [6.45, 7) is 0. The zero-order valence-electron chi connectivity index (χ0n) is 11.8. The second-order valence-electron chi connectivity index (χ2n) is 6.20. The number of amides is 1. The fraction of sp³-hybridized carbons (Fsp3) is 0.867. The van der Waals surface area contributed by atoms with Gasteiger partial charge >= 0.3 is 5.97 Å². The topological polar surface area (TPSA) is 57.6 Å². The molecule has 0 aliphatic heterocycles. The Labute approximate surface area is 115 Å². The van der Waals surface area contributed by atoms with E-state index in [1.807, 2.05) is 11.9 Å². The number of carbonyl (C=O) groups is 2. The van der Waals surface area contributed by atoms with E-state index in [1.165, 1.54) is 12.8 Å². The SMILES string of the molecule is CN(C(=O)C1CCC(CC(=O)O)CC1)C1CCCC1. The molecule has 108 valence electrons. The molecule has 0 spiro atoms. The molecule has 2 aliphatic carbocycles. The van der Waals surface area contributed by atoms with Gasteiger partial charge in [0.15, 0.2) is 0 Å². The van der Waals surface area contributed by atoms with Crippen molar-refractivity contribution in [3.63, 3.8) is 0 Å². The standard InChI is InChI=1S/C15H25NO3/c1-16(13-4-2-3-5-13)15(19)12-8-6-11(7-9-12)10-14(17)18/h11-13H,2-10H2,1H3,(H,17,18). The number of rotatable bonds is 4. The van der Waals surface area contributed by atoms with Gasteiger partial charge in [0.05, 0.1) is 0 Å². The van der Waals surface area contributed by atoms with Crippen molar-refractivity contribution in [2.75, 3.05) is 7.05 Å². The zero-order valence-corrected chi connectivity index (χ0v) is 11.8. The maximum atomic E-state index is 12.4. The third-order valence-corrected chi connectivity index (χ3v) is 4.88. The molecule has 0 aromatic rings. The fourth-order valence-electron chi connectivity index (χ4n) is 3.62. The molecule has 19 heavy (non-hydrogen) atoms. The lowest BCUT2D eigenvalue weighted by Crippen LogP contribution is -2.40. The minimum Gasteiger partial charge on any atom is -0.481 e. The molecule has 0 saturated heterocycles. The van der Waals surface area contributed by atoms with Crippen molar-refractivity contribution in [3.8, 4) is 0 Å². The van der Waals surface area contributed by atoms with Crippen molar-refractivity contribution >= 4 is 11.9 Å². The lowest BCUT2D eigenvalue weighted by Gasteiger charge is -2.32. The van der Waals surface area contributed by atoms with Gasteiger partial charge in [-0.15, -0.1) is 0 Å². The highest BCUT2D eigenvalue weighted by molar-refractivity contribution is 5.79. The third-order valence-electron chi connectivity index (χ3n) is 4.88. The van der Waals surface area contributed by atoms with Crippen molar-refractivity contribution < 1.29 is 14.7 Å². The van der Waals surface area contributed by atoms with Gasteiger partial charge in [-0.25, -0.2) is 0 Å². The largest absolute Gasteiger partial charge is 0.481 e. The maximum Gasteiger partial charge on any atom is 0.303 e. The van der Waals surface area contributed by atoms with Gasteiger partial charge in [0.2, 0.25) is 5.91 Å². The Bertz CT molecular complexity index is 328. The van der Waals surface area contributed by atoms with Crippen LogP contribution in [-0.2, 0) is 9.59 Å². The van der Waals surface area contributed by atoms with Gasteiger partial charge < -0.3 is 10.0 Å². The molecule has 0 unspecified atom stereocenters. The lowest BCUT2D eigenvalue weighted by atomic mass is 9.80. The van der Waals surface area contributed by atoms with Crippen LogP contribution in [0.25, 0.3) is 0 Å². The Morgan fingerprint density at radius 3 is 2.16 bits per heavy atom. The van der Waals surface area contributed by atoms with Gasteiger partial charge in [-0.2, -0.15) is 0 Å². The molecule has 0 bridgehead atoms. The van der Waals surface area contributed by atoms with Crippen molar-refractivity contribution in [2.24, 2.45) is 11.8 Å². The smallest absolute Gasteiger partial charge is 0.303 e. The first-order valence-corrected chi connectivity index (χ1v) is 7.56. The Morgan fingerprint density at radius 2 is 1.63 bits per heavy atom. The van der Waals surface area contributed by atoms with E-state index in [2.05, 4.69) is 0 Å². The molecule has 2 saturated carbocycles. The second kappa shape index (κ2) is 6.40. The average molecular weight is 267 g/mol.